The van der Waals surface area contributed by atoms with Gasteiger partial charge in [0, 0.05) is 6.42 Å². The second kappa shape index (κ2) is 3.48. The van der Waals surface area contributed by atoms with E-state index in [1.165, 1.54) is 6.26 Å². The summed E-state index contributed by atoms with van der Waals surface area (Å²) in [7, 11) is 0. The average Bonchev–Trinajstić information content (AvgIpc) is 2.39. The molecule has 1 rings (SSSR count). The quantitative estimate of drug-likeness (QED) is 0.674. The van der Waals surface area contributed by atoms with Crippen molar-refractivity contribution in [3.63, 3.8) is 0 Å². The first-order chi connectivity index (χ1) is 5.20. The van der Waals surface area contributed by atoms with Crippen molar-refractivity contribution in [2.75, 3.05) is 0 Å². The molecule has 4 heteroatoms. The van der Waals surface area contributed by atoms with Crippen LogP contribution in [0.1, 0.15) is 5.76 Å². The van der Waals surface area contributed by atoms with Gasteiger partial charge in [0.05, 0.1) is 6.26 Å². The minimum atomic E-state index is -0.926. The summed E-state index contributed by atoms with van der Waals surface area (Å²) in [6, 6.07) is 3.45. The molecule has 0 saturated carbocycles. The number of carbonyl (C=O) groups is 1. The van der Waals surface area contributed by atoms with Gasteiger partial charge in [-0.25, -0.2) is 0 Å². The fourth-order valence-corrected chi connectivity index (χ4v) is 0.887. The molecule has 0 aliphatic rings. The van der Waals surface area contributed by atoms with Crippen LogP contribution < -0.4 is 0 Å². The Kier molecular flexibility index (Phi) is 2.59. The topological polar surface area (TPSA) is 50.4 Å². The molecule has 0 bridgehead atoms. The van der Waals surface area contributed by atoms with Crippen LogP contribution in [0.2, 0.25) is 0 Å². The molecule has 0 fully saturated rings. The lowest BCUT2D eigenvalue weighted by molar-refractivity contribution is -0.136. The Hall–Kier alpha value is -0.900. The summed E-state index contributed by atoms with van der Waals surface area (Å²) in [4.78, 5) is 10.3. The molecule has 11 heavy (non-hydrogen) atoms. The van der Waals surface area contributed by atoms with Crippen molar-refractivity contribution in [3.8, 4) is 0 Å². The van der Waals surface area contributed by atoms with E-state index in [-0.39, 0.29) is 0 Å². The molecule has 0 aliphatic carbocycles. The van der Waals surface area contributed by atoms with Gasteiger partial charge in [0.2, 0.25) is 0 Å². The monoisotopic (exact) mass is 172 g/mol. The van der Waals surface area contributed by atoms with Gasteiger partial charge in [-0.15, -0.1) is 0 Å². The van der Waals surface area contributed by atoms with Gasteiger partial charge in [-0.05, 0) is 12.1 Å². The SMILES string of the molecule is O=C(O)C(S)Cc1ccco1. The number of carboxylic acids is 1. The van der Waals surface area contributed by atoms with Crippen molar-refractivity contribution >= 4 is 18.6 Å². The maximum absolute atomic E-state index is 10.3. The van der Waals surface area contributed by atoms with Crippen LogP contribution in [0.4, 0.5) is 0 Å². The van der Waals surface area contributed by atoms with Gasteiger partial charge >= 0.3 is 5.97 Å². The summed E-state index contributed by atoms with van der Waals surface area (Å²) in [5.74, 6) is -0.280. The number of furan rings is 1. The highest BCUT2D eigenvalue weighted by atomic mass is 32.1. The molecule has 60 valence electrons. The molecule has 1 aromatic rings. The van der Waals surface area contributed by atoms with Crippen LogP contribution in [0.5, 0.6) is 0 Å². The normalized spacial score (nSPS) is 12.8. The van der Waals surface area contributed by atoms with Crippen molar-refractivity contribution in [1.29, 1.82) is 0 Å². The molecule has 0 radical (unpaired) electrons. The zero-order valence-corrected chi connectivity index (χ0v) is 6.62. The lowest BCUT2D eigenvalue weighted by Crippen LogP contribution is -2.15. The molecule has 1 unspecified atom stereocenters. The van der Waals surface area contributed by atoms with Crippen LogP contribution in [0.15, 0.2) is 22.8 Å². The maximum atomic E-state index is 10.3. The first kappa shape index (κ1) is 8.20. The highest BCUT2D eigenvalue weighted by Gasteiger charge is 2.13. The summed E-state index contributed by atoms with van der Waals surface area (Å²) >= 11 is 3.85. The van der Waals surface area contributed by atoms with Crippen LogP contribution in [-0.2, 0) is 11.2 Å². The predicted molar refractivity (Wildman–Crippen MR) is 42.8 cm³/mol. The second-order valence-corrected chi connectivity index (χ2v) is 2.76. The van der Waals surface area contributed by atoms with Gasteiger partial charge < -0.3 is 9.52 Å². The molecule has 0 amide bonds. The van der Waals surface area contributed by atoms with E-state index < -0.39 is 11.2 Å². The number of aliphatic carboxylic acids is 1. The molecule has 1 aromatic heterocycles. The van der Waals surface area contributed by atoms with E-state index in [0.717, 1.165) is 0 Å². The smallest absolute Gasteiger partial charge is 0.316 e. The molecular weight excluding hydrogens is 164 g/mol. The van der Waals surface area contributed by atoms with Crippen LogP contribution in [0.25, 0.3) is 0 Å². The summed E-state index contributed by atoms with van der Waals surface area (Å²) in [6.07, 6.45) is 1.84. The fourth-order valence-electron chi connectivity index (χ4n) is 0.707. The van der Waals surface area contributed by atoms with Gasteiger partial charge in [-0.2, -0.15) is 12.6 Å². The average molecular weight is 172 g/mol. The lowest BCUT2D eigenvalue weighted by atomic mass is 10.2. The second-order valence-electron chi connectivity index (χ2n) is 2.14. The number of carboxylic acid groups (broad SMARTS) is 1. The van der Waals surface area contributed by atoms with E-state index in [0.29, 0.717) is 12.2 Å². The highest BCUT2D eigenvalue weighted by molar-refractivity contribution is 7.81. The van der Waals surface area contributed by atoms with Crippen molar-refractivity contribution in [1.82, 2.24) is 0 Å². The van der Waals surface area contributed by atoms with E-state index in [2.05, 4.69) is 12.6 Å². The Morgan fingerprint density at radius 1 is 1.82 bits per heavy atom. The first-order valence-corrected chi connectivity index (χ1v) is 3.65. The molecule has 1 N–H and O–H groups in total. The Balaban J connectivity index is 2.50. The van der Waals surface area contributed by atoms with E-state index in [4.69, 9.17) is 9.52 Å². The zero-order chi connectivity index (χ0) is 8.27. The number of thiol groups is 1. The van der Waals surface area contributed by atoms with E-state index >= 15 is 0 Å². The maximum Gasteiger partial charge on any atom is 0.316 e. The molecule has 0 aromatic carbocycles. The predicted octanol–water partition coefficient (Wildman–Crippen LogP) is 1.21. The molecule has 0 aliphatic heterocycles. The lowest BCUT2D eigenvalue weighted by Gasteiger charge is -2.00. The molecule has 3 nitrogen and oxygen atoms in total. The third kappa shape index (κ3) is 2.31. The Morgan fingerprint density at radius 3 is 3.00 bits per heavy atom. The summed E-state index contributed by atoms with van der Waals surface area (Å²) in [5, 5.41) is 7.78. The summed E-state index contributed by atoms with van der Waals surface area (Å²) in [6.45, 7) is 0. The Morgan fingerprint density at radius 2 is 2.55 bits per heavy atom. The summed E-state index contributed by atoms with van der Waals surface area (Å²) < 4.78 is 4.94. The van der Waals surface area contributed by atoms with Crippen LogP contribution in [0, 0.1) is 0 Å². The van der Waals surface area contributed by atoms with Gasteiger partial charge in [0.1, 0.15) is 11.0 Å². The van der Waals surface area contributed by atoms with Gasteiger partial charge in [0.15, 0.2) is 0 Å². The molecule has 0 spiro atoms. The van der Waals surface area contributed by atoms with Gasteiger partial charge in [0.25, 0.3) is 0 Å². The first-order valence-electron chi connectivity index (χ1n) is 3.13. The third-order valence-corrected chi connectivity index (χ3v) is 1.66. The Bertz CT molecular complexity index is 230. The Labute approximate surface area is 69.4 Å². The number of hydrogen-bond acceptors (Lipinski definition) is 3. The number of rotatable bonds is 3. The summed E-state index contributed by atoms with van der Waals surface area (Å²) in [5.41, 5.74) is 0. The van der Waals surface area contributed by atoms with E-state index in [9.17, 15) is 4.79 Å². The van der Waals surface area contributed by atoms with Gasteiger partial charge in [-0.3, -0.25) is 4.79 Å². The van der Waals surface area contributed by atoms with Gasteiger partial charge in [-0.1, -0.05) is 0 Å². The molecule has 0 saturated heterocycles. The van der Waals surface area contributed by atoms with E-state index in [1.807, 2.05) is 0 Å². The third-order valence-electron chi connectivity index (χ3n) is 1.26. The minimum Gasteiger partial charge on any atom is -0.480 e. The molecule has 1 heterocycles. The molecular formula is C7H8O3S. The fraction of sp³-hybridized carbons (Fsp3) is 0.286. The van der Waals surface area contributed by atoms with Crippen molar-refractivity contribution in [2.24, 2.45) is 0 Å². The number of hydrogen-bond donors (Lipinski definition) is 2. The highest BCUT2D eigenvalue weighted by Crippen LogP contribution is 2.07. The largest absolute Gasteiger partial charge is 0.480 e. The standard InChI is InChI=1S/C7H8O3S/c8-7(9)6(11)4-5-2-1-3-10-5/h1-3,6,11H,4H2,(H,8,9). The van der Waals surface area contributed by atoms with Crippen molar-refractivity contribution in [2.45, 2.75) is 11.7 Å². The van der Waals surface area contributed by atoms with Crippen molar-refractivity contribution in [3.05, 3.63) is 24.2 Å². The van der Waals surface area contributed by atoms with E-state index in [1.54, 1.807) is 12.1 Å². The van der Waals surface area contributed by atoms with Crippen LogP contribution in [-0.4, -0.2) is 16.3 Å². The minimum absolute atomic E-state index is 0.325. The van der Waals surface area contributed by atoms with Crippen LogP contribution >= 0.6 is 12.6 Å². The molecule has 1 atom stereocenters. The van der Waals surface area contributed by atoms with Crippen LogP contribution in [0.3, 0.4) is 0 Å². The zero-order valence-electron chi connectivity index (χ0n) is 5.73. The van der Waals surface area contributed by atoms with Crippen molar-refractivity contribution < 1.29 is 14.3 Å².